The minimum Gasteiger partial charge on any atom is -0.462 e. The van der Waals surface area contributed by atoms with E-state index in [-0.39, 0.29) is 18.0 Å². The molecule has 3 heterocycles. The lowest BCUT2D eigenvalue weighted by atomic mass is 10.1. The van der Waals surface area contributed by atoms with Gasteiger partial charge in [-0.2, -0.15) is 5.10 Å². The second kappa shape index (κ2) is 7.00. The zero-order chi connectivity index (χ0) is 17.1. The molecule has 2 N–H and O–H groups in total. The van der Waals surface area contributed by atoms with Crippen LogP contribution in [0, 0.1) is 6.92 Å². The minimum atomic E-state index is -0.362. The van der Waals surface area contributed by atoms with Gasteiger partial charge in [0.1, 0.15) is 17.0 Å². The van der Waals surface area contributed by atoms with E-state index in [1.54, 1.807) is 13.0 Å². The lowest BCUT2D eigenvalue weighted by Crippen LogP contribution is -2.43. The van der Waals surface area contributed by atoms with Crippen molar-refractivity contribution in [2.45, 2.75) is 39.3 Å². The molecule has 1 atom stereocenters. The van der Waals surface area contributed by atoms with Crippen LogP contribution in [0.1, 0.15) is 34.4 Å². The average molecular weight is 349 g/mol. The Morgan fingerprint density at radius 1 is 1.50 bits per heavy atom. The fraction of sp³-hybridized carbons (Fsp3) is 0.467. The smallest absolute Gasteiger partial charge is 0.348 e. The Bertz CT molecular complexity index is 754. The molecule has 0 saturated heterocycles. The molecule has 2 amide bonds. The molecule has 1 aliphatic rings. The van der Waals surface area contributed by atoms with Gasteiger partial charge in [-0.1, -0.05) is 0 Å². The van der Waals surface area contributed by atoms with Crippen LogP contribution in [0.15, 0.2) is 12.4 Å². The molecule has 2 aromatic heterocycles. The Hall–Kier alpha value is -2.42. The molecule has 1 aliphatic heterocycles. The Morgan fingerprint density at radius 3 is 3.12 bits per heavy atom. The second-order valence-corrected chi connectivity index (χ2v) is 6.59. The van der Waals surface area contributed by atoms with E-state index in [0.717, 1.165) is 24.2 Å². The number of anilines is 1. The highest BCUT2D eigenvalue weighted by Crippen LogP contribution is 2.27. The lowest BCUT2D eigenvalue weighted by molar-refractivity contribution is 0.0531. The lowest BCUT2D eigenvalue weighted by Gasteiger charge is -2.23. The Labute approximate surface area is 143 Å². The SMILES string of the molecule is CCOC(=O)c1sc(NC(=O)N[C@H]2CCc3ncnn3C2)cc1C. The molecular weight excluding hydrogens is 330 g/mol. The van der Waals surface area contributed by atoms with Crippen molar-refractivity contribution in [3.63, 3.8) is 0 Å². The van der Waals surface area contributed by atoms with Crippen LogP contribution in [0.2, 0.25) is 0 Å². The van der Waals surface area contributed by atoms with Gasteiger partial charge in [-0.15, -0.1) is 11.3 Å². The van der Waals surface area contributed by atoms with Gasteiger partial charge < -0.3 is 10.1 Å². The fourth-order valence-electron chi connectivity index (χ4n) is 2.63. The minimum absolute atomic E-state index is 0.00443. The van der Waals surface area contributed by atoms with Gasteiger partial charge in [0.05, 0.1) is 24.2 Å². The predicted molar refractivity (Wildman–Crippen MR) is 89.3 cm³/mol. The topological polar surface area (TPSA) is 98.1 Å². The zero-order valence-corrected chi connectivity index (χ0v) is 14.4. The highest BCUT2D eigenvalue weighted by atomic mass is 32.1. The predicted octanol–water partition coefficient (Wildman–Crippen LogP) is 1.96. The standard InChI is InChI=1S/C15H19N5O3S/c1-3-23-14(21)13-9(2)6-12(24-13)19-15(22)18-10-4-5-11-16-8-17-20(11)7-10/h6,8,10H,3-5,7H2,1-2H3,(H2,18,19,22)/t10-/m0/s1. The first-order chi connectivity index (χ1) is 11.6. The van der Waals surface area contributed by atoms with Gasteiger partial charge in [-0.25, -0.2) is 19.3 Å². The maximum atomic E-state index is 12.2. The number of thiophene rings is 1. The van der Waals surface area contributed by atoms with Crippen LogP contribution in [-0.2, 0) is 17.7 Å². The van der Waals surface area contributed by atoms with Crippen molar-refractivity contribution in [3.05, 3.63) is 28.7 Å². The summed E-state index contributed by atoms with van der Waals surface area (Å²) in [7, 11) is 0. The van der Waals surface area contributed by atoms with Crippen molar-refractivity contribution in [1.82, 2.24) is 20.1 Å². The Morgan fingerprint density at radius 2 is 2.33 bits per heavy atom. The molecule has 3 rings (SSSR count). The number of amides is 2. The van der Waals surface area contributed by atoms with Crippen LogP contribution in [0.3, 0.4) is 0 Å². The number of aromatic nitrogens is 3. The van der Waals surface area contributed by atoms with Gasteiger partial charge in [-0.05, 0) is 31.9 Å². The second-order valence-electron chi connectivity index (χ2n) is 5.54. The van der Waals surface area contributed by atoms with Crippen molar-refractivity contribution in [2.24, 2.45) is 0 Å². The molecule has 9 heteroatoms. The molecule has 128 valence electrons. The summed E-state index contributed by atoms with van der Waals surface area (Å²) in [5, 5.41) is 10.5. The van der Waals surface area contributed by atoms with E-state index in [4.69, 9.17) is 4.74 Å². The summed E-state index contributed by atoms with van der Waals surface area (Å²) in [6, 6.07) is 1.48. The fourth-order valence-corrected chi connectivity index (χ4v) is 3.59. The largest absolute Gasteiger partial charge is 0.462 e. The van der Waals surface area contributed by atoms with Crippen molar-refractivity contribution in [1.29, 1.82) is 0 Å². The number of esters is 1. The highest BCUT2D eigenvalue weighted by molar-refractivity contribution is 7.18. The number of nitrogens with zero attached hydrogens (tertiary/aromatic N) is 3. The van der Waals surface area contributed by atoms with Crippen LogP contribution < -0.4 is 10.6 Å². The molecule has 0 spiro atoms. The molecule has 24 heavy (non-hydrogen) atoms. The molecule has 2 aromatic rings. The van der Waals surface area contributed by atoms with Crippen molar-refractivity contribution in [2.75, 3.05) is 11.9 Å². The zero-order valence-electron chi connectivity index (χ0n) is 13.5. The number of hydrogen-bond acceptors (Lipinski definition) is 6. The first kappa shape index (κ1) is 16.4. The van der Waals surface area contributed by atoms with Gasteiger partial charge >= 0.3 is 12.0 Å². The van der Waals surface area contributed by atoms with Crippen LogP contribution in [0.25, 0.3) is 0 Å². The molecular formula is C15H19N5O3S. The number of carbonyl (C=O) groups is 2. The highest BCUT2D eigenvalue weighted by Gasteiger charge is 2.22. The summed E-state index contributed by atoms with van der Waals surface area (Å²) < 4.78 is 6.81. The van der Waals surface area contributed by atoms with Gasteiger partial charge in [0, 0.05) is 6.42 Å². The molecule has 0 unspecified atom stereocenters. The summed E-state index contributed by atoms with van der Waals surface area (Å²) in [5.41, 5.74) is 0.790. The quantitative estimate of drug-likeness (QED) is 0.822. The van der Waals surface area contributed by atoms with Crippen LogP contribution in [0.4, 0.5) is 9.80 Å². The normalized spacial score (nSPS) is 16.3. The summed E-state index contributed by atoms with van der Waals surface area (Å²) in [6.07, 6.45) is 3.14. The van der Waals surface area contributed by atoms with Crippen LogP contribution >= 0.6 is 11.3 Å². The number of rotatable bonds is 4. The number of ether oxygens (including phenoxy) is 1. The Balaban J connectivity index is 1.58. The number of nitrogens with one attached hydrogen (secondary N) is 2. The molecule has 8 nitrogen and oxygen atoms in total. The third kappa shape index (κ3) is 3.56. The van der Waals surface area contributed by atoms with Crippen LogP contribution in [-0.4, -0.2) is 39.4 Å². The van der Waals surface area contributed by atoms with Crippen molar-refractivity contribution >= 4 is 28.3 Å². The van der Waals surface area contributed by atoms with E-state index in [1.807, 2.05) is 11.6 Å². The van der Waals surface area contributed by atoms with E-state index < -0.39 is 0 Å². The Kier molecular flexibility index (Phi) is 4.79. The average Bonchev–Trinajstić information content (AvgIpc) is 3.13. The molecule has 0 aromatic carbocycles. The van der Waals surface area contributed by atoms with Gasteiger partial charge in [0.25, 0.3) is 0 Å². The van der Waals surface area contributed by atoms with Gasteiger partial charge in [0.15, 0.2) is 0 Å². The van der Waals surface area contributed by atoms with E-state index in [1.165, 1.54) is 17.7 Å². The molecule has 0 aliphatic carbocycles. The van der Waals surface area contributed by atoms with E-state index >= 15 is 0 Å². The third-order valence-electron chi connectivity index (χ3n) is 3.76. The first-order valence-electron chi connectivity index (χ1n) is 7.78. The van der Waals surface area contributed by atoms with Crippen molar-refractivity contribution < 1.29 is 14.3 Å². The number of aryl methyl sites for hydroxylation is 2. The first-order valence-corrected chi connectivity index (χ1v) is 8.60. The maximum absolute atomic E-state index is 12.2. The van der Waals surface area contributed by atoms with Crippen LogP contribution in [0.5, 0.6) is 0 Å². The molecule has 0 radical (unpaired) electrons. The molecule has 0 saturated carbocycles. The maximum Gasteiger partial charge on any atom is 0.348 e. The summed E-state index contributed by atoms with van der Waals surface area (Å²) in [4.78, 5) is 28.7. The van der Waals surface area contributed by atoms with Gasteiger partial charge in [0.2, 0.25) is 0 Å². The van der Waals surface area contributed by atoms with E-state index in [0.29, 0.717) is 23.0 Å². The number of carbonyl (C=O) groups excluding carboxylic acids is 2. The summed E-state index contributed by atoms with van der Waals surface area (Å²) in [6.45, 7) is 4.52. The van der Waals surface area contributed by atoms with E-state index in [2.05, 4.69) is 20.7 Å². The monoisotopic (exact) mass is 349 g/mol. The number of fused-ring (bicyclic) bond motifs is 1. The number of hydrogen-bond donors (Lipinski definition) is 2. The summed E-state index contributed by atoms with van der Waals surface area (Å²) >= 11 is 1.21. The van der Waals surface area contributed by atoms with E-state index in [9.17, 15) is 9.59 Å². The third-order valence-corrected chi connectivity index (χ3v) is 4.89. The molecule has 0 fully saturated rings. The number of urea groups is 1. The summed E-state index contributed by atoms with van der Waals surface area (Å²) in [5.74, 6) is 0.584. The van der Waals surface area contributed by atoms with Gasteiger partial charge in [-0.3, -0.25) is 5.32 Å². The van der Waals surface area contributed by atoms with Crippen molar-refractivity contribution in [3.8, 4) is 0 Å². The molecule has 0 bridgehead atoms.